The predicted molar refractivity (Wildman–Crippen MR) is 64.2 cm³/mol. The van der Waals surface area contributed by atoms with Crippen LogP contribution in [0.4, 0.5) is 0 Å². The van der Waals surface area contributed by atoms with E-state index in [1.54, 1.807) is 0 Å². The molecule has 1 aromatic rings. The van der Waals surface area contributed by atoms with Crippen LogP contribution in [0.2, 0.25) is 0 Å². The number of likely N-dealkylation sites (N-methyl/N-ethyl adjacent to an activating group) is 1. The van der Waals surface area contributed by atoms with Gasteiger partial charge < -0.3 is 10.4 Å². The first-order valence-corrected chi connectivity index (χ1v) is 6.27. The monoisotopic (exact) mass is 223 g/mol. The number of hydrogen-bond acceptors (Lipinski definition) is 3. The molecule has 0 bridgehead atoms. The molecule has 0 amide bonds. The predicted octanol–water partition coefficient (Wildman–Crippen LogP) is 2.19. The van der Waals surface area contributed by atoms with Gasteiger partial charge in [-0.15, -0.1) is 11.8 Å². The lowest BCUT2D eigenvalue weighted by Crippen LogP contribution is -2.16. The van der Waals surface area contributed by atoms with Gasteiger partial charge in [0.05, 0.1) is 6.10 Å². The Morgan fingerprint density at radius 3 is 2.60 bits per heavy atom. The summed E-state index contributed by atoms with van der Waals surface area (Å²) in [6.45, 7) is 0.606. The average Bonchev–Trinajstić information content (AvgIpc) is 3.03. The van der Waals surface area contributed by atoms with Gasteiger partial charge in [-0.3, -0.25) is 0 Å². The van der Waals surface area contributed by atoms with Crippen molar-refractivity contribution in [1.82, 2.24) is 5.32 Å². The first-order valence-electron chi connectivity index (χ1n) is 5.39. The Bertz CT molecular complexity index is 308. The zero-order valence-corrected chi connectivity index (χ0v) is 9.76. The van der Waals surface area contributed by atoms with E-state index in [4.69, 9.17) is 0 Å². The minimum absolute atomic E-state index is 0.394. The van der Waals surface area contributed by atoms with Crippen LogP contribution >= 0.6 is 11.8 Å². The lowest BCUT2D eigenvalue weighted by Gasteiger charge is -2.10. The van der Waals surface area contributed by atoms with Crippen LogP contribution in [0.25, 0.3) is 0 Å². The Kier molecular flexibility index (Phi) is 3.67. The third-order valence-corrected chi connectivity index (χ3v) is 3.84. The van der Waals surface area contributed by atoms with Gasteiger partial charge in [-0.2, -0.15) is 0 Å². The van der Waals surface area contributed by atoms with Gasteiger partial charge in [0, 0.05) is 16.7 Å². The van der Waals surface area contributed by atoms with Gasteiger partial charge in [0.25, 0.3) is 0 Å². The number of rotatable bonds is 5. The summed E-state index contributed by atoms with van der Waals surface area (Å²) in [6, 6.07) is 8.26. The van der Waals surface area contributed by atoms with Crippen LogP contribution in [-0.4, -0.2) is 23.9 Å². The molecule has 1 aliphatic rings. The Balaban J connectivity index is 1.95. The Labute approximate surface area is 95.1 Å². The summed E-state index contributed by atoms with van der Waals surface area (Å²) in [7, 11) is 1.85. The minimum atomic E-state index is -0.394. The molecule has 1 saturated carbocycles. The van der Waals surface area contributed by atoms with Crippen molar-refractivity contribution < 1.29 is 5.11 Å². The first kappa shape index (κ1) is 11.0. The largest absolute Gasteiger partial charge is 0.387 e. The number of benzene rings is 1. The maximum absolute atomic E-state index is 9.74. The third-order valence-electron chi connectivity index (χ3n) is 2.49. The molecule has 15 heavy (non-hydrogen) atoms. The van der Waals surface area contributed by atoms with Gasteiger partial charge >= 0.3 is 0 Å². The highest BCUT2D eigenvalue weighted by molar-refractivity contribution is 8.00. The van der Waals surface area contributed by atoms with E-state index in [1.807, 2.05) is 30.9 Å². The van der Waals surface area contributed by atoms with E-state index >= 15 is 0 Å². The molecule has 1 fully saturated rings. The highest BCUT2D eigenvalue weighted by Crippen LogP contribution is 2.39. The summed E-state index contributed by atoms with van der Waals surface area (Å²) in [5.41, 5.74) is 0.990. The molecule has 82 valence electrons. The van der Waals surface area contributed by atoms with E-state index in [9.17, 15) is 5.11 Å². The molecule has 0 spiro atoms. The summed E-state index contributed by atoms with van der Waals surface area (Å²) < 4.78 is 0. The zero-order chi connectivity index (χ0) is 10.7. The van der Waals surface area contributed by atoms with E-state index in [0.29, 0.717) is 6.54 Å². The van der Waals surface area contributed by atoms with Crippen molar-refractivity contribution in [1.29, 1.82) is 0 Å². The summed E-state index contributed by atoms with van der Waals surface area (Å²) in [5, 5.41) is 13.5. The van der Waals surface area contributed by atoms with Crippen LogP contribution in [0.5, 0.6) is 0 Å². The molecule has 2 nitrogen and oxygen atoms in total. The molecule has 0 saturated heterocycles. The van der Waals surface area contributed by atoms with Crippen molar-refractivity contribution >= 4 is 11.8 Å². The summed E-state index contributed by atoms with van der Waals surface area (Å²) >= 11 is 1.95. The van der Waals surface area contributed by atoms with Crippen LogP contribution in [0.3, 0.4) is 0 Å². The van der Waals surface area contributed by atoms with Crippen molar-refractivity contribution in [3.05, 3.63) is 29.8 Å². The van der Waals surface area contributed by atoms with Crippen molar-refractivity contribution in [2.45, 2.75) is 29.1 Å². The number of nitrogens with one attached hydrogen (secondary N) is 1. The van der Waals surface area contributed by atoms with E-state index in [2.05, 4.69) is 17.4 Å². The number of hydrogen-bond donors (Lipinski definition) is 2. The van der Waals surface area contributed by atoms with E-state index in [1.165, 1.54) is 17.7 Å². The second kappa shape index (κ2) is 5.01. The van der Waals surface area contributed by atoms with Crippen molar-refractivity contribution in [2.75, 3.05) is 13.6 Å². The number of aliphatic hydroxyl groups is 1. The van der Waals surface area contributed by atoms with Crippen LogP contribution in [0.1, 0.15) is 24.5 Å². The van der Waals surface area contributed by atoms with Crippen molar-refractivity contribution in [2.24, 2.45) is 0 Å². The summed E-state index contributed by atoms with van der Waals surface area (Å²) in [5.74, 6) is 0. The lowest BCUT2D eigenvalue weighted by atomic mass is 10.1. The highest BCUT2D eigenvalue weighted by atomic mass is 32.2. The lowest BCUT2D eigenvalue weighted by molar-refractivity contribution is 0.177. The van der Waals surface area contributed by atoms with E-state index in [0.717, 1.165) is 10.8 Å². The van der Waals surface area contributed by atoms with Gasteiger partial charge in [-0.25, -0.2) is 0 Å². The van der Waals surface area contributed by atoms with Gasteiger partial charge in [0.15, 0.2) is 0 Å². The summed E-state index contributed by atoms with van der Waals surface area (Å²) in [6.07, 6.45) is 2.32. The molecule has 0 radical (unpaired) electrons. The Morgan fingerprint density at radius 2 is 2.07 bits per heavy atom. The van der Waals surface area contributed by atoms with Crippen molar-refractivity contribution in [3.63, 3.8) is 0 Å². The molecule has 2 N–H and O–H groups in total. The fraction of sp³-hybridized carbons (Fsp3) is 0.500. The highest BCUT2D eigenvalue weighted by Gasteiger charge is 2.22. The third kappa shape index (κ3) is 3.23. The van der Waals surface area contributed by atoms with Crippen LogP contribution < -0.4 is 5.32 Å². The molecule has 1 aromatic carbocycles. The van der Waals surface area contributed by atoms with Crippen LogP contribution in [0, 0.1) is 0 Å². The second-order valence-electron chi connectivity index (χ2n) is 3.96. The molecule has 1 aliphatic carbocycles. The first-order chi connectivity index (χ1) is 7.29. The van der Waals surface area contributed by atoms with Crippen LogP contribution in [-0.2, 0) is 0 Å². The van der Waals surface area contributed by atoms with Gasteiger partial charge in [-0.05, 0) is 37.6 Å². The Morgan fingerprint density at radius 1 is 1.40 bits per heavy atom. The molecule has 3 heteroatoms. The molecule has 0 aliphatic heterocycles. The quantitative estimate of drug-likeness (QED) is 0.802. The fourth-order valence-corrected chi connectivity index (χ4v) is 2.51. The second-order valence-corrected chi connectivity index (χ2v) is 5.33. The average molecular weight is 223 g/mol. The molecule has 0 heterocycles. The number of aliphatic hydroxyl groups excluding tert-OH is 1. The maximum Gasteiger partial charge on any atom is 0.0914 e. The van der Waals surface area contributed by atoms with Gasteiger partial charge in [0.2, 0.25) is 0 Å². The maximum atomic E-state index is 9.74. The minimum Gasteiger partial charge on any atom is -0.387 e. The standard InChI is InChI=1S/C12H17NOS/c1-13-8-12(14)9-2-4-10(5-3-9)15-11-6-7-11/h2-5,11-14H,6-8H2,1H3. The molecular formula is C12H17NOS. The smallest absolute Gasteiger partial charge is 0.0914 e. The molecule has 2 rings (SSSR count). The van der Waals surface area contributed by atoms with Crippen LogP contribution in [0.15, 0.2) is 29.2 Å². The zero-order valence-electron chi connectivity index (χ0n) is 8.94. The normalized spacial score (nSPS) is 17.7. The van der Waals surface area contributed by atoms with Gasteiger partial charge in [0.1, 0.15) is 0 Å². The van der Waals surface area contributed by atoms with Crippen molar-refractivity contribution in [3.8, 4) is 0 Å². The van der Waals surface area contributed by atoms with Gasteiger partial charge in [-0.1, -0.05) is 12.1 Å². The van der Waals surface area contributed by atoms with E-state index in [-0.39, 0.29) is 0 Å². The van der Waals surface area contributed by atoms with E-state index < -0.39 is 6.10 Å². The molecular weight excluding hydrogens is 206 g/mol. The SMILES string of the molecule is CNCC(O)c1ccc(SC2CC2)cc1. The topological polar surface area (TPSA) is 32.3 Å². The Hall–Kier alpha value is -0.510. The molecule has 1 atom stereocenters. The molecule has 0 aromatic heterocycles. The fourth-order valence-electron chi connectivity index (χ4n) is 1.46. The molecule has 1 unspecified atom stereocenters. The summed E-state index contributed by atoms with van der Waals surface area (Å²) in [4.78, 5) is 1.32. The number of thioether (sulfide) groups is 1.